The van der Waals surface area contributed by atoms with Crippen LogP contribution in [-0.2, 0) is 0 Å². The van der Waals surface area contributed by atoms with Gasteiger partial charge in [0.25, 0.3) is 0 Å². The molecule has 0 fully saturated rings. The van der Waals surface area contributed by atoms with Crippen LogP contribution in [0.2, 0.25) is 0 Å². The first-order valence-electron chi connectivity index (χ1n) is 10.1. The van der Waals surface area contributed by atoms with Crippen LogP contribution < -0.4 is 22.9 Å². The first-order chi connectivity index (χ1) is 11.2. The summed E-state index contributed by atoms with van der Waals surface area (Å²) in [5.41, 5.74) is 23.3. The standard InChI is InChI=1S/C19H44N4/c20-16-10-4-8-14-18(22)12-6-2-1-3-7-13-19(23)15-9-5-11-17-21/h18-19H,1-17,20-23H2. The minimum atomic E-state index is 0.398. The summed E-state index contributed by atoms with van der Waals surface area (Å²) in [5, 5.41) is 0. The Morgan fingerprint density at radius 3 is 0.957 bits per heavy atom. The van der Waals surface area contributed by atoms with E-state index in [9.17, 15) is 0 Å². The summed E-state index contributed by atoms with van der Waals surface area (Å²) in [6.07, 6.45) is 18.5. The van der Waals surface area contributed by atoms with Crippen LogP contribution in [0, 0.1) is 0 Å². The van der Waals surface area contributed by atoms with Gasteiger partial charge in [0.15, 0.2) is 0 Å². The third kappa shape index (κ3) is 18.0. The van der Waals surface area contributed by atoms with Crippen molar-refractivity contribution in [1.29, 1.82) is 0 Å². The van der Waals surface area contributed by atoms with Crippen LogP contribution in [0.5, 0.6) is 0 Å². The average molecular weight is 329 g/mol. The molecule has 0 aliphatic carbocycles. The fourth-order valence-electron chi connectivity index (χ4n) is 3.09. The Morgan fingerprint density at radius 2 is 0.652 bits per heavy atom. The number of rotatable bonds is 18. The van der Waals surface area contributed by atoms with Crippen molar-refractivity contribution >= 4 is 0 Å². The van der Waals surface area contributed by atoms with Crippen LogP contribution in [0.4, 0.5) is 0 Å². The molecule has 4 nitrogen and oxygen atoms in total. The molecule has 0 aromatic rings. The maximum atomic E-state index is 6.15. The number of unbranched alkanes of at least 4 members (excludes halogenated alkanes) is 8. The molecular weight excluding hydrogens is 284 g/mol. The maximum Gasteiger partial charge on any atom is 0.00388 e. The van der Waals surface area contributed by atoms with E-state index in [2.05, 4.69) is 0 Å². The average Bonchev–Trinajstić information content (AvgIpc) is 2.54. The van der Waals surface area contributed by atoms with Crippen LogP contribution in [0.15, 0.2) is 0 Å². The lowest BCUT2D eigenvalue weighted by atomic mass is 10.00. The van der Waals surface area contributed by atoms with E-state index in [-0.39, 0.29) is 0 Å². The Labute approximate surface area is 145 Å². The summed E-state index contributed by atoms with van der Waals surface area (Å²) in [7, 11) is 0. The largest absolute Gasteiger partial charge is 0.330 e. The van der Waals surface area contributed by atoms with Crippen LogP contribution in [-0.4, -0.2) is 25.2 Å². The fraction of sp³-hybridized carbons (Fsp3) is 1.00. The minimum Gasteiger partial charge on any atom is -0.330 e. The van der Waals surface area contributed by atoms with Crippen molar-refractivity contribution in [3.05, 3.63) is 0 Å². The van der Waals surface area contributed by atoms with Gasteiger partial charge in [0.2, 0.25) is 0 Å². The van der Waals surface area contributed by atoms with Crippen molar-refractivity contribution in [3.8, 4) is 0 Å². The van der Waals surface area contributed by atoms with E-state index >= 15 is 0 Å². The van der Waals surface area contributed by atoms with E-state index in [4.69, 9.17) is 22.9 Å². The summed E-state index contributed by atoms with van der Waals surface area (Å²) in [6.45, 7) is 1.62. The predicted octanol–water partition coefficient (Wildman–Crippen LogP) is 3.41. The monoisotopic (exact) mass is 328 g/mol. The highest BCUT2D eigenvalue weighted by Crippen LogP contribution is 2.13. The molecule has 4 heteroatoms. The van der Waals surface area contributed by atoms with Gasteiger partial charge >= 0.3 is 0 Å². The molecule has 0 aliphatic rings. The Kier molecular flexibility index (Phi) is 18.1. The van der Waals surface area contributed by atoms with Gasteiger partial charge in [-0.25, -0.2) is 0 Å². The molecule has 23 heavy (non-hydrogen) atoms. The van der Waals surface area contributed by atoms with Crippen molar-refractivity contribution in [2.24, 2.45) is 22.9 Å². The van der Waals surface area contributed by atoms with Gasteiger partial charge in [-0.05, 0) is 51.6 Å². The SMILES string of the molecule is NCCCCCC(N)CCCCCCCC(N)CCCCCN. The maximum absolute atomic E-state index is 6.15. The molecule has 0 amide bonds. The highest BCUT2D eigenvalue weighted by Gasteiger charge is 2.04. The van der Waals surface area contributed by atoms with Crippen molar-refractivity contribution < 1.29 is 0 Å². The van der Waals surface area contributed by atoms with Gasteiger partial charge in [0, 0.05) is 12.1 Å². The molecule has 0 aliphatic heterocycles. The zero-order valence-electron chi connectivity index (χ0n) is 15.5. The van der Waals surface area contributed by atoms with Crippen LogP contribution in [0.1, 0.15) is 96.3 Å². The lowest BCUT2D eigenvalue weighted by molar-refractivity contribution is 0.472. The Balaban J connectivity index is 3.22. The summed E-state index contributed by atoms with van der Waals surface area (Å²) in [4.78, 5) is 0. The lowest BCUT2D eigenvalue weighted by Gasteiger charge is -2.12. The van der Waals surface area contributed by atoms with E-state index in [0.29, 0.717) is 12.1 Å². The molecule has 0 radical (unpaired) electrons. The molecule has 8 N–H and O–H groups in total. The first kappa shape index (κ1) is 22.8. The molecular formula is C19H44N4. The number of hydrogen-bond acceptors (Lipinski definition) is 4. The molecule has 0 bridgehead atoms. The molecule has 2 unspecified atom stereocenters. The lowest BCUT2D eigenvalue weighted by Crippen LogP contribution is -2.19. The van der Waals surface area contributed by atoms with Crippen molar-refractivity contribution in [3.63, 3.8) is 0 Å². The normalized spacial score (nSPS) is 14.1. The minimum absolute atomic E-state index is 0.398. The van der Waals surface area contributed by atoms with Gasteiger partial charge < -0.3 is 22.9 Å². The van der Waals surface area contributed by atoms with Gasteiger partial charge in [-0.15, -0.1) is 0 Å². The second-order valence-electron chi connectivity index (χ2n) is 7.14. The van der Waals surface area contributed by atoms with Crippen LogP contribution in [0.25, 0.3) is 0 Å². The molecule has 2 atom stereocenters. The molecule has 0 spiro atoms. The molecule has 140 valence electrons. The molecule has 0 saturated heterocycles. The molecule has 0 rings (SSSR count). The topological polar surface area (TPSA) is 104 Å². The fourth-order valence-corrected chi connectivity index (χ4v) is 3.09. The van der Waals surface area contributed by atoms with E-state index in [0.717, 1.165) is 25.9 Å². The quantitative estimate of drug-likeness (QED) is 0.289. The van der Waals surface area contributed by atoms with Crippen molar-refractivity contribution in [2.45, 2.75) is 108 Å². The van der Waals surface area contributed by atoms with Crippen molar-refractivity contribution in [2.75, 3.05) is 13.1 Å². The molecule has 0 aromatic heterocycles. The Bertz CT molecular complexity index is 201. The molecule has 0 saturated carbocycles. The van der Waals surface area contributed by atoms with Gasteiger partial charge in [-0.1, -0.05) is 57.8 Å². The smallest absolute Gasteiger partial charge is 0.00388 e. The van der Waals surface area contributed by atoms with Crippen LogP contribution >= 0.6 is 0 Å². The zero-order valence-corrected chi connectivity index (χ0v) is 15.5. The second kappa shape index (κ2) is 18.2. The van der Waals surface area contributed by atoms with E-state index in [1.165, 1.54) is 83.5 Å². The summed E-state index contributed by atoms with van der Waals surface area (Å²) in [6, 6.07) is 0.796. The summed E-state index contributed by atoms with van der Waals surface area (Å²) >= 11 is 0. The van der Waals surface area contributed by atoms with Crippen molar-refractivity contribution in [1.82, 2.24) is 0 Å². The first-order valence-corrected chi connectivity index (χ1v) is 10.1. The summed E-state index contributed by atoms with van der Waals surface area (Å²) < 4.78 is 0. The third-order valence-corrected chi connectivity index (χ3v) is 4.71. The van der Waals surface area contributed by atoms with E-state index in [1.807, 2.05) is 0 Å². The Hall–Kier alpha value is -0.160. The highest BCUT2D eigenvalue weighted by atomic mass is 14.6. The third-order valence-electron chi connectivity index (χ3n) is 4.71. The second-order valence-corrected chi connectivity index (χ2v) is 7.14. The predicted molar refractivity (Wildman–Crippen MR) is 103 cm³/mol. The molecule has 0 heterocycles. The Morgan fingerprint density at radius 1 is 0.391 bits per heavy atom. The van der Waals surface area contributed by atoms with Gasteiger partial charge in [-0.3, -0.25) is 0 Å². The van der Waals surface area contributed by atoms with E-state index in [1.54, 1.807) is 0 Å². The number of nitrogens with two attached hydrogens (primary N) is 4. The zero-order chi connectivity index (χ0) is 17.2. The number of hydrogen-bond donors (Lipinski definition) is 4. The molecule has 0 aromatic carbocycles. The van der Waals surface area contributed by atoms with Gasteiger partial charge in [0.1, 0.15) is 0 Å². The van der Waals surface area contributed by atoms with E-state index < -0.39 is 0 Å². The van der Waals surface area contributed by atoms with Gasteiger partial charge in [-0.2, -0.15) is 0 Å². The summed E-state index contributed by atoms with van der Waals surface area (Å²) in [5.74, 6) is 0. The van der Waals surface area contributed by atoms with Crippen LogP contribution in [0.3, 0.4) is 0 Å². The van der Waals surface area contributed by atoms with Gasteiger partial charge in [0.05, 0.1) is 0 Å². The highest BCUT2D eigenvalue weighted by molar-refractivity contribution is 4.64.